The normalized spacial score (nSPS) is 20.0. The summed E-state index contributed by atoms with van der Waals surface area (Å²) in [7, 11) is -1.44. The van der Waals surface area contributed by atoms with Crippen molar-refractivity contribution in [3.8, 4) is 0 Å². The predicted molar refractivity (Wildman–Crippen MR) is 88.0 cm³/mol. The van der Waals surface area contributed by atoms with Crippen LogP contribution in [0.15, 0.2) is 29.2 Å². The highest BCUT2D eigenvalue weighted by Crippen LogP contribution is 2.21. The summed E-state index contributed by atoms with van der Waals surface area (Å²) in [6.07, 6.45) is 1.57. The number of carbonyl (C=O) groups excluding carboxylic acids is 1. The first-order chi connectivity index (χ1) is 10.8. The highest BCUT2D eigenvalue weighted by molar-refractivity contribution is 7.90. The van der Waals surface area contributed by atoms with Gasteiger partial charge >= 0.3 is 0 Å². The lowest BCUT2D eigenvalue weighted by Crippen LogP contribution is -2.44. The van der Waals surface area contributed by atoms with Gasteiger partial charge in [0.25, 0.3) is 0 Å². The lowest BCUT2D eigenvalue weighted by molar-refractivity contribution is -0.133. The van der Waals surface area contributed by atoms with Crippen molar-refractivity contribution >= 4 is 15.7 Å². The first-order valence-electron chi connectivity index (χ1n) is 7.66. The number of ether oxygens (including phenoxy) is 1. The fourth-order valence-corrected chi connectivity index (χ4v) is 3.17. The molecule has 1 fully saturated rings. The van der Waals surface area contributed by atoms with Gasteiger partial charge < -0.3 is 15.0 Å². The lowest BCUT2D eigenvalue weighted by atomic mass is 10.1. The van der Waals surface area contributed by atoms with Crippen molar-refractivity contribution in [2.45, 2.75) is 30.3 Å². The van der Waals surface area contributed by atoms with Crippen molar-refractivity contribution < 1.29 is 17.9 Å². The maximum Gasteiger partial charge on any atom is 0.224 e. The van der Waals surface area contributed by atoms with Gasteiger partial charge in [0.2, 0.25) is 5.91 Å². The van der Waals surface area contributed by atoms with Crippen molar-refractivity contribution in [2.24, 2.45) is 0 Å². The average Bonchev–Trinajstić information content (AvgIpc) is 2.53. The molecule has 7 heteroatoms. The molecule has 1 aromatic rings. The minimum Gasteiger partial charge on any atom is -0.378 e. The molecule has 1 saturated heterocycles. The van der Waals surface area contributed by atoms with Crippen molar-refractivity contribution in [3.05, 3.63) is 29.8 Å². The van der Waals surface area contributed by atoms with E-state index in [1.807, 2.05) is 6.92 Å². The molecule has 0 spiro atoms. The van der Waals surface area contributed by atoms with E-state index in [4.69, 9.17) is 4.74 Å². The number of carbonyl (C=O) groups is 1. The summed E-state index contributed by atoms with van der Waals surface area (Å²) in [6, 6.07) is 6.60. The fourth-order valence-electron chi connectivity index (χ4n) is 2.54. The average molecular weight is 340 g/mol. The van der Waals surface area contributed by atoms with Crippen molar-refractivity contribution in [1.29, 1.82) is 0 Å². The third kappa shape index (κ3) is 4.76. The van der Waals surface area contributed by atoms with E-state index in [-0.39, 0.29) is 22.9 Å². The Bertz CT molecular complexity index is 637. The molecule has 2 unspecified atom stereocenters. The van der Waals surface area contributed by atoms with Crippen LogP contribution in [-0.2, 0) is 19.4 Å². The molecule has 1 aliphatic heterocycles. The molecule has 0 aliphatic carbocycles. The molecule has 1 N–H and O–H groups in total. The highest BCUT2D eigenvalue weighted by Gasteiger charge is 2.22. The summed E-state index contributed by atoms with van der Waals surface area (Å²) in [4.78, 5) is 14.4. The van der Waals surface area contributed by atoms with E-state index in [1.54, 1.807) is 36.2 Å². The maximum absolute atomic E-state index is 12.4. The summed E-state index contributed by atoms with van der Waals surface area (Å²) < 4.78 is 28.4. The second-order valence-electron chi connectivity index (χ2n) is 5.95. The Kier molecular flexibility index (Phi) is 5.78. The lowest BCUT2D eigenvalue weighted by Gasteiger charge is -2.29. The Balaban J connectivity index is 2.00. The number of rotatable bonds is 5. The van der Waals surface area contributed by atoms with Gasteiger partial charge in [-0.3, -0.25) is 4.79 Å². The van der Waals surface area contributed by atoms with Crippen molar-refractivity contribution in [1.82, 2.24) is 10.2 Å². The number of sulfone groups is 1. The Morgan fingerprint density at radius 1 is 1.39 bits per heavy atom. The molecule has 23 heavy (non-hydrogen) atoms. The molecule has 0 saturated carbocycles. The maximum atomic E-state index is 12.4. The predicted octanol–water partition coefficient (Wildman–Crippen LogP) is 0.988. The molecule has 1 aromatic carbocycles. The molecule has 2 atom stereocenters. The Labute approximate surface area is 137 Å². The van der Waals surface area contributed by atoms with E-state index in [0.717, 1.165) is 12.1 Å². The fraction of sp³-hybridized carbons (Fsp3) is 0.562. The van der Waals surface area contributed by atoms with E-state index in [9.17, 15) is 13.2 Å². The number of nitrogens with one attached hydrogen (secondary N) is 1. The van der Waals surface area contributed by atoms with Crippen LogP contribution in [0.2, 0.25) is 0 Å². The second kappa shape index (κ2) is 7.42. The number of hydrogen-bond donors (Lipinski definition) is 1. The van der Waals surface area contributed by atoms with Crippen LogP contribution in [0.1, 0.15) is 24.9 Å². The first kappa shape index (κ1) is 17.9. The quantitative estimate of drug-likeness (QED) is 0.865. The molecule has 1 amide bonds. The van der Waals surface area contributed by atoms with Gasteiger partial charge in [-0.15, -0.1) is 0 Å². The summed E-state index contributed by atoms with van der Waals surface area (Å²) in [5, 5.41) is 3.27. The molecule has 0 radical (unpaired) electrons. The molecule has 1 heterocycles. The molecule has 2 rings (SSSR count). The Morgan fingerprint density at radius 2 is 2.04 bits per heavy atom. The number of benzene rings is 1. The largest absolute Gasteiger partial charge is 0.378 e. The Hall–Kier alpha value is -1.44. The SMILES string of the molecule is CC(c1ccc(S(C)(=O)=O)cc1)N(C)C(=O)CC1COCCN1. The van der Waals surface area contributed by atoms with E-state index in [1.165, 1.54) is 6.26 Å². The van der Waals surface area contributed by atoms with E-state index in [0.29, 0.717) is 19.6 Å². The van der Waals surface area contributed by atoms with E-state index in [2.05, 4.69) is 5.32 Å². The van der Waals surface area contributed by atoms with Crippen LogP contribution in [0.4, 0.5) is 0 Å². The standard InChI is InChI=1S/C16H24N2O4S/c1-12(13-4-6-15(7-5-13)23(3,20)21)18(2)16(19)10-14-11-22-9-8-17-14/h4-7,12,14,17H,8-11H2,1-3H3. The van der Waals surface area contributed by atoms with Crippen LogP contribution < -0.4 is 5.32 Å². The van der Waals surface area contributed by atoms with Crippen LogP contribution in [0.5, 0.6) is 0 Å². The zero-order chi connectivity index (χ0) is 17.0. The van der Waals surface area contributed by atoms with Gasteiger partial charge in [0.15, 0.2) is 9.84 Å². The number of nitrogens with zero attached hydrogens (tertiary/aromatic N) is 1. The van der Waals surface area contributed by atoms with Gasteiger partial charge in [-0.2, -0.15) is 0 Å². The van der Waals surface area contributed by atoms with Gasteiger partial charge in [0.05, 0.1) is 24.2 Å². The number of morpholine rings is 1. The van der Waals surface area contributed by atoms with Gasteiger partial charge in [-0.1, -0.05) is 12.1 Å². The van der Waals surface area contributed by atoms with Gasteiger partial charge in [0, 0.05) is 32.3 Å². The zero-order valence-corrected chi connectivity index (χ0v) is 14.6. The third-order valence-corrected chi connectivity index (χ3v) is 5.31. The van der Waals surface area contributed by atoms with Crippen LogP contribution in [0.25, 0.3) is 0 Å². The van der Waals surface area contributed by atoms with Gasteiger partial charge in [-0.05, 0) is 24.6 Å². The molecular formula is C16H24N2O4S. The minimum atomic E-state index is -3.20. The molecule has 0 bridgehead atoms. The molecule has 6 nitrogen and oxygen atoms in total. The van der Waals surface area contributed by atoms with Crippen molar-refractivity contribution in [2.75, 3.05) is 33.1 Å². The van der Waals surface area contributed by atoms with Gasteiger partial charge in [-0.25, -0.2) is 8.42 Å². The summed E-state index contributed by atoms with van der Waals surface area (Å²) in [5.41, 5.74) is 0.904. The van der Waals surface area contributed by atoms with E-state index >= 15 is 0 Å². The van der Waals surface area contributed by atoms with E-state index < -0.39 is 9.84 Å². The monoisotopic (exact) mass is 340 g/mol. The molecular weight excluding hydrogens is 316 g/mol. The molecule has 1 aliphatic rings. The highest BCUT2D eigenvalue weighted by atomic mass is 32.2. The van der Waals surface area contributed by atoms with Crippen LogP contribution >= 0.6 is 0 Å². The Morgan fingerprint density at radius 3 is 2.57 bits per heavy atom. The summed E-state index contributed by atoms with van der Waals surface area (Å²) >= 11 is 0. The van der Waals surface area contributed by atoms with Crippen LogP contribution in [0, 0.1) is 0 Å². The molecule has 0 aromatic heterocycles. The smallest absolute Gasteiger partial charge is 0.224 e. The van der Waals surface area contributed by atoms with Crippen molar-refractivity contribution in [3.63, 3.8) is 0 Å². The number of hydrogen-bond acceptors (Lipinski definition) is 5. The van der Waals surface area contributed by atoms with Gasteiger partial charge in [0.1, 0.15) is 0 Å². The van der Waals surface area contributed by atoms with Crippen LogP contribution in [0.3, 0.4) is 0 Å². The summed E-state index contributed by atoms with van der Waals surface area (Å²) in [5.74, 6) is 0.0349. The zero-order valence-electron chi connectivity index (χ0n) is 13.8. The minimum absolute atomic E-state index is 0.0349. The summed E-state index contributed by atoms with van der Waals surface area (Å²) in [6.45, 7) is 3.93. The molecule has 128 valence electrons. The second-order valence-corrected chi connectivity index (χ2v) is 7.97. The topological polar surface area (TPSA) is 75.7 Å². The third-order valence-electron chi connectivity index (χ3n) is 4.18. The first-order valence-corrected chi connectivity index (χ1v) is 9.55. The van der Waals surface area contributed by atoms with Crippen LogP contribution in [-0.4, -0.2) is 58.3 Å². The number of amides is 1.